The van der Waals surface area contributed by atoms with E-state index in [1.54, 1.807) is 0 Å². The van der Waals surface area contributed by atoms with Gasteiger partial charge in [0.1, 0.15) is 0 Å². The van der Waals surface area contributed by atoms with Gasteiger partial charge in [-0.05, 0) is 24.6 Å². The highest BCUT2D eigenvalue weighted by Gasteiger charge is 2.36. The molecule has 0 aromatic heterocycles. The Bertz CT molecular complexity index is 527. The Morgan fingerprint density at radius 2 is 1.12 bits per heavy atom. The van der Waals surface area contributed by atoms with Crippen molar-refractivity contribution in [3.8, 4) is 0 Å². The van der Waals surface area contributed by atoms with Gasteiger partial charge in [-0.25, -0.2) is 0 Å². The predicted molar refractivity (Wildman–Crippen MR) is 132 cm³/mol. The van der Waals surface area contributed by atoms with E-state index >= 15 is 0 Å². The number of hydrogen-bond donors (Lipinski definition) is 2. The Morgan fingerprint density at radius 3 is 1.53 bits per heavy atom. The minimum atomic E-state index is -1.70. The monoisotopic (exact) mass is 509 g/mol. The molecule has 0 heterocycles. The largest absolute Gasteiger partial charge is 0.481 e. The summed E-state index contributed by atoms with van der Waals surface area (Å²) >= 11 is 0. The van der Waals surface area contributed by atoms with E-state index in [4.69, 9.17) is 33.2 Å². The molecule has 0 atom stereocenters. The fourth-order valence-corrected chi connectivity index (χ4v) is 3.29. The number of rotatable bonds is 23. The summed E-state index contributed by atoms with van der Waals surface area (Å²) in [7, 11) is -1.70. The van der Waals surface area contributed by atoms with Gasteiger partial charge in [-0.2, -0.15) is 0 Å². The maximum absolute atomic E-state index is 11.3. The van der Waals surface area contributed by atoms with Crippen molar-refractivity contribution < 1.29 is 42.8 Å². The Balaban J connectivity index is 3.23. The molecular weight excluding hydrogens is 462 g/mol. The number of ether oxygens (including phenoxy) is 5. The third-order valence-corrected chi connectivity index (χ3v) is 9.88. The minimum Gasteiger partial charge on any atom is -0.481 e. The van der Waals surface area contributed by atoms with Crippen molar-refractivity contribution in [3.05, 3.63) is 0 Å². The van der Waals surface area contributed by atoms with Crippen LogP contribution in [0.2, 0.25) is 18.1 Å². The van der Waals surface area contributed by atoms with E-state index in [0.29, 0.717) is 85.6 Å². The zero-order valence-corrected chi connectivity index (χ0v) is 22.8. The lowest BCUT2D eigenvalue weighted by Crippen LogP contribution is -2.41. The average molecular weight is 510 g/mol. The molecule has 0 saturated heterocycles. The zero-order chi connectivity index (χ0) is 25.7. The quantitative estimate of drug-likeness (QED) is 0.158. The molecule has 0 aliphatic rings. The molecule has 10 nitrogen and oxygen atoms in total. The Morgan fingerprint density at radius 1 is 0.706 bits per heavy atom. The van der Waals surface area contributed by atoms with Crippen LogP contribution < -0.4 is 5.32 Å². The molecule has 0 aromatic rings. The van der Waals surface area contributed by atoms with Crippen LogP contribution >= 0.6 is 0 Å². The van der Waals surface area contributed by atoms with E-state index < -0.39 is 14.3 Å². The number of carboxylic acids is 1. The van der Waals surface area contributed by atoms with Crippen molar-refractivity contribution in [2.24, 2.45) is 0 Å². The van der Waals surface area contributed by atoms with Gasteiger partial charge in [-0.3, -0.25) is 9.59 Å². The van der Waals surface area contributed by atoms with Crippen LogP contribution in [0.15, 0.2) is 0 Å². The molecule has 0 bridgehead atoms. The van der Waals surface area contributed by atoms with Gasteiger partial charge in [-0.1, -0.05) is 20.8 Å². The number of amides is 1. The molecule has 11 heteroatoms. The normalized spacial score (nSPS) is 12.1. The van der Waals surface area contributed by atoms with Crippen LogP contribution in [0.25, 0.3) is 0 Å². The Kier molecular flexibility index (Phi) is 19.5. The van der Waals surface area contributed by atoms with Crippen LogP contribution in [0.5, 0.6) is 0 Å². The van der Waals surface area contributed by atoms with Crippen molar-refractivity contribution >= 4 is 20.2 Å². The molecule has 0 spiro atoms. The second-order valence-corrected chi connectivity index (χ2v) is 14.1. The third-order valence-electron chi connectivity index (χ3n) is 5.34. The zero-order valence-electron chi connectivity index (χ0n) is 21.8. The summed E-state index contributed by atoms with van der Waals surface area (Å²) in [5.41, 5.74) is 0. The average Bonchev–Trinajstić information content (AvgIpc) is 2.75. The summed E-state index contributed by atoms with van der Waals surface area (Å²) in [5.74, 6) is -1.23. The SMILES string of the molecule is CC(C)(C)[Si](C)(C)OCCOCCOCCOCCOCCOCCCNC(=O)CCC(=O)O. The standard InChI is InChI=1S/C23H47NO9Si/c1-23(2,3)34(4,5)33-20-19-32-18-17-31-16-15-30-14-13-29-12-11-28-10-6-9-24-21(25)7-8-22(26)27/h6-20H2,1-5H3,(H,24,25)(H,26,27). The summed E-state index contributed by atoms with van der Waals surface area (Å²) in [4.78, 5) is 21.7. The molecule has 202 valence electrons. The molecule has 1 amide bonds. The lowest BCUT2D eigenvalue weighted by Gasteiger charge is -2.36. The topological polar surface area (TPSA) is 122 Å². The summed E-state index contributed by atoms with van der Waals surface area (Å²) < 4.78 is 33.3. The first-order valence-corrected chi connectivity index (χ1v) is 15.0. The van der Waals surface area contributed by atoms with Crippen molar-refractivity contribution in [2.75, 3.05) is 79.2 Å². The molecular formula is C23H47NO9Si. The first-order chi connectivity index (χ1) is 16.1. The first-order valence-electron chi connectivity index (χ1n) is 12.1. The highest BCUT2D eigenvalue weighted by Crippen LogP contribution is 2.36. The highest BCUT2D eigenvalue weighted by atomic mass is 28.4. The molecule has 0 aromatic carbocycles. The van der Waals surface area contributed by atoms with Crippen LogP contribution in [0.1, 0.15) is 40.0 Å². The van der Waals surface area contributed by atoms with Gasteiger partial charge in [0.15, 0.2) is 8.32 Å². The van der Waals surface area contributed by atoms with Gasteiger partial charge in [0.2, 0.25) is 5.91 Å². The van der Waals surface area contributed by atoms with Crippen molar-refractivity contribution in [2.45, 2.75) is 58.2 Å². The number of carboxylic acid groups (broad SMARTS) is 1. The van der Waals surface area contributed by atoms with Crippen molar-refractivity contribution in [1.29, 1.82) is 0 Å². The number of carbonyl (C=O) groups excluding carboxylic acids is 1. The molecule has 0 saturated carbocycles. The lowest BCUT2D eigenvalue weighted by molar-refractivity contribution is -0.138. The molecule has 0 fully saturated rings. The summed E-state index contributed by atoms with van der Waals surface area (Å²) in [6.07, 6.45) is 0.511. The maximum atomic E-state index is 11.3. The molecule has 2 N–H and O–H groups in total. The van der Waals surface area contributed by atoms with Gasteiger partial charge >= 0.3 is 5.97 Å². The second kappa shape index (κ2) is 20.1. The van der Waals surface area contributed by atoms with E-state index in [9.17, 15) is 9.59 Å². The predicted octanol–water partition coefficient (Wildman–Crippen LogP) is 2.46. The molecule has 0 unspecified atom stereocenters. The van der Waals surface area contributed by atoms with E-state index in [1.807, 2.05) is 0 Å². The van der Waals surface area contributed by atoms with Gasteiger partial charge in [0.25, 0.3) is 0 Å². The number of hydrogen-bond acceptors (Lipinski definition) is 8. The van der Waals surface area contributed by atoms with Crippen LogP contribution in [0.3, 0.4) is 0 Å². The van der Waals surface area contributed by atoms with E-state index in [1.165, 1.54) is 0 Å². The fraction of sp³-hybridized carbons (Fsp3) is 0.913. The minimum absolute atomic E-state index is 0.000278. The fourth-order valence-electron chi connectivity index (χ4n) is 2.26. The summed E-state index contributed by atoms with van der Waals surface area (Å²) in [6.45, 7) is 17.3. The molecule has 0 aliphatic carbocycles. The summed E-state index contributed by atoms with van der Waals surface area (Å²) in [6, 6.07) is 0. The van der Waals surface area contributed by atoms with Gasteiger partial charge in [0.05, 0.1) is 72.5 Å². The Hall–Kier alpha value is -1.08. The van der Waals surface area contributed by atoms with E-state index in [0.717, 1.165) is 0 Å². The molecule has 34 heavy (non-hydrogen) atoms. The van der Waals surface area contributed by atoms with Crippen LogP contribution in [-0.2, 0) is 37.7 Å². The van der Waals surface area contributed by atoms with Gasteiger partial charge in [0, 0.05) is 19.6 Å². The molecule has 0 rings (SSSR count). The summed E-state index contributed by atoms with van der Waals surface area (Å²) in [5, 5.41) is 11.4. The van der Waals surface area contributed by atoms with E-state index in [2.05, 4.69) is 39.2 Å². The number of nitrogens with one attached hydrogen (secondary N) is 1. The molecule has 0 aliphatic heterocycles. The third kappa shape index (κ3) is 20.3. The van der Waals surface area contributed by atoms with Crippen molar-refractivity contribution in [1.82, 2.24) is 5.32 Å². The molecule has 0 radical (unpaired) electrons. The lowest BCUT2D eigenvalue weighted by atomic mass is 10.2. The van der Waals surface area contributed by atoms with Gasteiger partial charge in [-0.15, -0.1) is 0 Å². The van der Waals surface area contributed by atoms with Crippen molar-refractivity contribution in [3.63, 3.8) is 0 Å². The van der Waals surface area contributed by atoms with Crippen LogP contribution in [0, 0.1) is 0 Å². The van der Waals surface area contributed by atoms with Crippen LogP contribution in [0.4, 0.5) is 0 Å². The number of carbonyl (C=O) groups is 2. The number of aliphatic carboxylic acids is 1. The van der Waals surface area contributed by atoms with E-state index in [-0.39, 0.29) is 23.8 Å². The maximum Gasteiger partial charge on any atom is 0.303 e. The second-order valence-electron chi connectivity index (χ2n) is 9.27. The van der Waals surface area contributed by atoms with Crippen LogP contribution in [-0.4, -0.2) is 105 Å². The smallest absolute Gasteiger partial charge is 0.303 e. The first kappa shape index (κ1) is 32.9. The van der Waals surface area contributed by atoms with Gasteiger partial charge < -0.3 is 38.5 Å². The highest BCUT2D eigenvalue weighted by molar-refractivity contribution is 6.74. The Labute approximate surface area is 206 Å².